The lowest BCUT2D eigenvalue weighted by Crippen LogP contribution is -2.20. The largest absolute Gasteiger partial charge is 0.0805 e. The molecule has 0 nitrogen and oxygen atoms in total. The standard InChI is InChI=1S/C4H6Br2/c5-4(6)2-1-3-4/h1-3H2. The molecule has 0 N–H and O–H groups in total. The summed E-state index contributed by atoms with van der Waals surface area (Å²) in [4.78, 5) is 0. The molecule has 0 aromatic heterocycles. The molecule has 0 aromatic carbocycles. The second-order valence-corrected chi connectivity index (χ2v) is 5.81. The smallest absolute Gasteiger partial charge is 0.0727 e. The number of rotatable bonds is 0. The molecule has 1 fully saturated rings. The van der Waals surface area contributed by atoms with Crippen molar-refractivity contribution < 1.29 is 0 Å². The van der Waals surface area contributed by atoms with Gasteiger partial charge in [0.15, 0.2) is 0 Å². The minimum atomic E-state index is 0.347. The Labute approximate surface area is 54.6 Å². The van der Waals surface area contributed by atoms with E-state index in [1.807, 2.05) is 0 Å². The zero-order chi connectivity index (χ0) is 4.62. The molecule has 2 heteroatoms. The van der Waals surface area contributed by atoms with E-state index in [9.17, 15) is 0 Å². The van der Waals surface area contributed by atoms with Gasteiger partial charge in [-0.3, -0.25) is 0 Å². The first-order valence-corrected chi connectivity index (χ1v) is 3.67. The van der Waals surface area contributed by atoms with Gasteiger partial charge in [0.2, 0.25) is 0 Å². The lowest BCUT2D eigenvalue weighted by molar-refractivity contribution is 0.502. The van der Waals surface area contributed by atoms with Crippen molar-refractivity contribution in [2.24, 2.45) is 0 Å². The molecular weight excluding hydrogens is 208 g/mol. The Morgan fingerprint density at radius 1 is 1.17 bits per heavy atom. The molecule has 1 saturated carbocycles. The van der Waals surface area contributed by atoms with Crippen molar-refractivity contribution in [2.75, 3.05) is 0 Å². The maximum Gasteiger partial charge on any atom is 0.0805 e. The van der Waals surface area contributed by atoms with Gasteiger partial charge >= 0.3 is 0 Å². The number of halogens is 2. The van der Waals surface area contributed by atoms with E-state index >= 15 is 0 Å². The van der Waals surface area contributed by atoms with E-state index in [4.69, 9.17) is 0 Å². The monoisotopic (exact) mass is 212 g/mol. The van der Waals surface area contributed by atoms with Crippen LogP contribution < -0.4 is 0 Å². The molecule has 6 heavy (non-hydrogen) atoms. The highest BCUT2D eigenvalue weighted by Gasteiger charge is 2.29. The van der Waals surface area contributed by atoms with E-state index < -0.39 is 0 Å². The normalized spacial score (nSPS) is 29.0. The molecule has 0 aromatic rings. The van der Waals surface area contributed by atoms with E-state index in [1.165, 1.54) is 19.3 Å². The fraction of sp³-hybridized carbons (Fsp3) is 1.00. The molecule has 0 unspecified atom stereocenters. The van der Waals surface area contributed by atoms with Gasteiger partial charge in [-0.2, -0.15) is 0 Å². The highest BCUT2D eigenvalue weighted by atomic mass is 79.9. The van der Waals surface area contributed by atoms with Gasteiger partial charge in [-0.05, 0) is 19.3 Å². The van der Waals surface area contributed by atoms with Crippen molar-refractivity contribution in [3.63, 3.8) is 0 Å². The predicted molar refractivity (Wildman–Crippen MR) is 34.4 cm³/mol. The highest BCUT2D eigenvalue weighted by molar-refractivity contribution is 9.25. The third-order valence-corrected chi connectivity index (χ3v) is 2.67. The zero-order valence-electron chi connectivity index (χ0n) is 3.38. The molecule has 1 aliphatic carbocycles. The van der Waals surface area contributed by atoms with Crippen molar-refractivity contribution in [1.82, 2.24) is 0 Å². The SMILES string of the molecule is BrC1(Br)CCC1. The van der Waals surface area contributed by atoms with Crippen LogP contribution in [0.1, 0.15) is 19.3 Å². The molecule has 36 valence electrons. The summed E-state index contributed by atoms with van der Waals surface area (Å²) in [6, 6.07) is 0. The van der Waals surface area contributed by atoms with Crippen LogP contribution >= 0.6 is 31.9 Å². The van der Waals surface area contributed by atoms with Gasteiger partial charge in [-0.25, -0.2) is 0 Å². The first kappa shape index (κ1) is 5.10. The third-order valence-electron chi connectivity index (χ3n) is 1.09. The van der Waals surface area contributed by atoms with Gasteiger partial charge in [0.1, 0.15) is 0 Å². The first-order chi connectivity index (χ1) is 2.71. The van der Waals surface area contributed by atoms with Crippen LogP contribution in [0.3, 0.4) is 0 Å². The summed E-state index contributed by atoms with van der Waals surface area (Å²) < 4.78 is 0.347. The first-order valence-electron chi connectivity index (χ1n) is 2.09. The minimum absolute atomic E-state index is 0.347. The summed E-state index contributed by atoms with van der Waals surface area (Å²) in [6.45, 7) is 0. The molecule has 0 aliphatic heterocycles. The molecule has 0 radical (unpaired) electrons. The molecule has 0 saturated heterocycles. The van der Waals surface area contributed by atoms with E-state index in [2.05, 4.69) is 31.9 Å². The summed E-state index contributed by atoms with van der Waals surface area (Å²) in [5.74, 6) is 0. The fourth-order valence-electron chi connectivity index (χ4n) is 0.444. The molecule has 1 aliphatic rings. The van der Waals surface area contributed by atoms with Gasteiger partial charge < -0.3 is 0 Å². The van der Waals surface area contributed by atoms with E-state index in [0.717, 1.165) is 0 Å². The quantitative estimate of drug-likeness (QED) is 0.543. The summed E-state index contributed by atoms with van der Waals surface area (Å²) in [5.41, 5.74) is 0. The summed E-state index contributed by atoms with van der Waals surface area (Å²) >= 11 is 6.96. The summed E-state index contributed by atoms with van der Waals surface area (Å²) in [6.07, 6.45) is 3.94. The van der Waals surface area contributed by atoms with Crippen molar-refractivity contribution >= 4 is 31.9 Å². The van der Waals surface area contributed by atoms with Crippen LogP contribution in [0.5, 0.6) is 0 Å². The second kappa shape index (κ2) is 1.48. The van der Waals surface area contributed by atoms with Crippen LogP contribution in [-0.4, -0.2) is 3.23 Å². The van der Waals surface area contributed by atoms with E-state index in [-0.39, 0.29) is 0 Å². The molecule has 0 heterocycles. The summed E-state index contributed by atoms with van der Waals surface area (Å²) in [5, 5.41) is 0. The summed E-state index contributed by atoms with van der Waals surface area (Å²) in [7, 11) is 0. The van der Waals surface area contributed by atoms with Gasteiger partial charge in [-0.15, -0.1) is 0 Å². The molecule has 1 rings (SSSR count). The Bertz CT molecular complexity index is 52.6. The third kappa shape index (κ3) is 0.969. The predicted octanol–water partition coefficient (Wildman–Crippen LogP) is 2.66. The fourth-order valence-corrected chi connectivity index (χ4v) is 1.57. The second-order valence-electron chi connectivity index (χ2n) is 1.71. The van der Waals surface area contributed by atoms with E-state index in [1.54, 1.807) is 0 Å². The Kier molecular flexibility index (Phi) is 1.26. The topological polar surface area (TPSA) is 0 Å². The van der Waals surface area contributed by atoms with E-state index in [0.29, 0.717) is 3.23 Å². The van der Waals surface area contributed by atoms with Crippen LogP contribution in [0.4, 0.5) is 0 Å². The van der Waals surface area contributed by atoms with Crippen LogP contribution in [0.2, 0.25) is 0 Å². The van der Waals surface area contributed by atoms with Gasteiger partial charge in [0.25, 0.3) is 0 Å². The van der Waals surface area contributed by atoms with Gasteiger partial charge in [0, 0.05) is 0 Å². The molecule has 0 spiro atoms. The maximum atomic E-state index is 3.48. The van der Waals surface area contributed by atoms with Crippen LogP contribution in [0, 0.1) is 0 Å². The van der Waals surface area contributed by atoms with Crippen LogP contribution in [-0.2, 0) is 0 Å². The Morgan fingerprint density at radius 3 is 1.50 bits per heavy atom. The number of hydrogen-bond donors (Lipinski definition) is 0. The lowest BCUT2D eigenvalue weighted by Gasteiger charge is -2.29. The Hall–Kier alpha value is 0.960. The van der Waals surface area contributed by atoms with Crippen LogP contribution in [0.15, 0.2) is 0 Å². The average Bonchev–Trinajstić information content (AvgIpc) is 1.32. The van der Waals surface area contributed by atoms with Crippen LogP contribution in [0.25, 0.3) is 0 Å². The van der Waals surface area contributed by atoms with Crippen molar-refractivity contribution in [3.8, 4) is 0 Å². The zero-order valence-corrected chi connectivity index (χ0v) is 6.55. The molecule has 0 amide bonds. The number of hydrogen-bond acceptors (Lipinski definition) is 0. The molecular formula is C4H6Br2. The average molecular weight is 214 g/mol. The van der Waals surface area contributed by atoms with Gasteiger partial charge in [-0.1, -0.05) is 31.9 Å². The lowest BCUT2D eigenvalue weighted by atomic mass is 10.0. The highest BCUT2D eigenvalue weighted by Crippen LogP contribution is 2.45. The van der Waals surface area contributed by atoms with Gasteiger partial charge in [0.05, 0.1) is 3.23 Å². The Balaban J connectivity index is 2.31. The van der Waals surface area contributed by atoms with Crippen molar-refractivity contribution in [3.05, 3.63) is 0 Å². The molecule has 0 atom stereocenters. The number of alkyl halides is 2. The van der Waals surface area contributed by atoms with Crippen molar-refractivity contribution in [1.29, 1.82) is 0 Å². The Morgan fingerprint density at radius 2 is 1.50 bits per heavy atom. The minimum Gasteiger partial charge on any atom is -0.0727 e. The molecule has 0 bridgehead atoms. The maximum absolute atomic E-state index is 3.48. The van der Waals surface area contributed by atoms with Crippen molar-refractivity contribution in [2.45, 2.75) is 22.5 Å².